The van der Waals surface area contributed by atoms with Gasteiger partial charge in [0.2, 0.25) is 0 Å². The number of piperazine rings is 1. The van der Waals surface area contributed by atoms with Crippen molar-refractivity contribution in [2.24, 2.45) is 0 Å². The van der Waals surface area contributed by atoms with Gasteiger partial charge in [0.15, 0.2) is 11.5 Å². The van der Waals surface area contributed by atoms with Gasteiger partial charge < -0.3 is 19.7 Å². The van der Waals surface area contributed by atoms with Gasteiger partial charge in [-0.1, -0.05) is 36.2 Å². The smallest absolute Gasteiger partial charge is 0.163 e. The third-order valence-electron chi connectivity index (χ3n) is 6.01. The summed E-state index contributed by atoms with van der Waals surface area (Å²) in [5, 5.41) is 5.39. The zero-order valence-corrected chi connectivity index (χ0v) is 20.2. The number of fused-ring (bicyclic) bond motifs is 1. The van der Waals surface area contributed by atoms with Crippen molar-refractivity contribution >= 4 is 39.9 Å². The molecule has 1 fully saturated rings. The molecule has 2 unspecified atom stereocenters. The number of hydrogen-bond acceptors (Lipinski definition) is 7. The number of ether oxygens (including phenoxy) is 2. The Morgan fingerprint density at radius 1 is 1.16 bits per heavy atom. The maximum absolute atomic E-state index is 6.25. The van der Waals surface area contributed by atoms with Gasteiger partial charge in [0.05, 0.1) is 34.8 Å². The molecule has 2 heterocycles. The summed E-state index contributed by atoms with van der Waals surface area (Å²) in [6, 6.07) is 4.18. The number of benzene rings is 1. The fourth-order valence-corrected chi connectivity index (χ4v) is 4.57. The van der Waals surface area contributed by atoms with E-state index in [1.807, 2.05) is 24.3 Å². The summed E-state index contributed by atoms with van der Waals surface area (Å²) in [6.07, 6.45) is 6.07. The molecule has 2 aromatic rings. The van der Waals surface area contributed by atoms with Crippen LogP contribution in [0.3, 0.4) is 0 Å². The van der Waals surface area contributed by atoms with Crippen molar-refractivity contribution in [1.82, 2.24) is 19.8 Å². The van der Waals surface area contributed by atoms with E-state index in [-0.39, 0.29) is 6.04 Å². The van der Waals surface area contributed by atoms with E-state index in [1.165, 1.54) is 0 Å². The van der Waals surface area contributed by atoms with Crippen LogP contribution in [0.15, 0.2) is 40.7 Å². The summed E-state index contributed by atoms with van der Waals surface area (Å²) >= 11 is 12.3. The van der Waals surface area contributed by atoms with Gasteiger partial charge >= 0.3 is 0 Å². The van der Waals surface area contributed by atoms with E-state index >= 15 is 0 Å². The number of likely N-dealkylation sites (N-methyl/N-ethyl adjacent to an activating group) is 2. The van der Waals surface area contributed by atoms with Gasteiger partial charge in [-0.2, -0.15) is 0 Å². The van der Waals surface area contributed by atoms with Crippen LogP contribution in [0.2, 0.25) is 0 Å². The molecule has 9 heteroatoms. The predicted octanol–water partition coefficient (Wildman–Crippen LogP) is 4.08. The number of halogens is 2. The second kappa shape index (κ2) is 10.3. The zero-order valence-electron chi connectivity index (χ0n) is 18.6. The SMILES string of the molecule is CCN1CCN(C)CC1COc1cc2ncnc(NC3C=C(Cl)C(Cl)=CC3)c2cc1OC. The molecular formula is C23H29Cl2N5O2. The lowest BCUT2D eigenvalue weighted by molar-refractivity contribution is 0.0616. The van der Waals surface area contributed by atoms with Gasteiger partial charge in [0.1, 0.15) is 18.8 Å². The number of nitrogens with one attached hydrogen (secondary N) is 1. The Kier molecular flexibility index (Phi) is 7.40. The number of allylic oxidation sites excluding steroid dienone is 2. The van der Waals surface area contributed by atoms with Gasteiger partial charge in [0.25, 0.3) is 0 Å². The number of aromatic nitrogens is 2. The van der Waals surface area contributed by atoms with E-state index in [0.29, 0.717) is 40.0 Å². The Morgan fingerprint density at radius 2 is 2.00 bits per heavy atom. The van der Waals surface area contributed by atoms with Crippen molar-refractivity contribution in [1.29, 1.82) is 0 Å². The Bertz CT molecular complexity index is 1030. The molecule has 2 aliphatic rings. The van der Waals surface area contributed by atoms with Crippen LogP contribution in [0.1, 0.15) is 13.3 Å². The Hall–Kier alpha value is -2.06. The van der Waals surface area contributed by atoms with Crippen molar-refractivity contribution in [3.05, 3.63) is 40.7 Å². The molecule has 1 aromatic carbocycles. The molecule has 1 saturated heterocycles. The fourth-order valence-electron chi connectivity index (χ4n) is 4.19. The van der Waals surface area contributed by atoms with E-state index in [9.17, 15) is 0 Å². The molecule has 0 bridgehead atoms. The Morgan fingerprint density at radius 3 is 2.75 bits per heavy atom. The third kappa shape index (κ3) is 5.12. The van der Waals surface area contributed by atoms with Gasteiger partial charge in [-0.15, -0.1) is 0 Å². The molecule has 1 N–H and O–H groups in total. The van der Waals surface area contributed by atoms with Crippen LogP contribution in [0.4, 0.5) is 5.82 Å². The standard InChI is InChI=1S/C23H29Cl2N5O2/c1-4-30-8-7-29(2)12-16(30)13-32-22-11-20-17(10-21(22)31-3)23(27-14-26-20)28-15-5-6-18(24)19(25)9-15/h6,9-11,14-16H,4-5,7-8,12-13H2,1-3H3,(H,26,27,28). The minimum Gasteiger partial charge on any atom is -0.493 e. The Balaban J connectivity index is 1.55. The summed E-state index contributed by atoms with van der Waals surface area (Å²) in [4.78, 5) is 13.7. The monoisotopic (exact) mass is 477 g/mol. The summed E-state index contributed by atoms with van der Waals surface area (Å²) < 4.78 is 11.9. The lowest BCUT2D eigenvalue weighted by Gasteiger charge is -2.39. The molecule has 4 rings (SSSR count). The number of methoxy groups -OCH3 is 1. The zero-order chi connectivity index (χ0) is 22.7. The normalized spacial score (nSPS) is 22.4. The van der Waals surface area contributed by atoms with Crippen LogP contribution in [-0.2, 0) is 0 Å². The highest BCUT2D eigenvalue weighted by molar-refractivity contribution is 6.44. The summed E-state index contributed by atoms with van der Waals surface area (Å²) in [7, 11) is 3.80. The maximum Gasteiger partial charge on any atom is 0.163 e. The summed E-state index contributed by atoms with van der Waals surface area (Å²) in [5.74, 6) is 2.05. The number of anilines is 1. The summed E-state index contributed by atoms with van der Waals surface area (Å²) in [5.41, 5.74) is 0.783. The van der Waals surface area contributed by atoms with E-state index < -0.39 is 0 Å². The van der Waals surface area contributed by atoms with E-state index in [0.717, 1.165) is 43.5 Å². The Labute approximate surface area is 199 Å². The van der Waals surface area contributed by atoms with Crippen molar-refractivity contribution in [2.75, 3.05) is 52.3 Å². The van der Waals surface area contributed by atoms with Crippen LogP contribution in [-0.4, -0.2) is 78.8 Å². The first-order valence-electron chi connectivity index (χ1n) is 10.9. The minimum absolute atomic E-state index is 0.00617. The first-order chi connectivity index (χ1) is 15.5. The van der Waals surface area contributed by atoms with Crippen molar-refractivity contribution in [2.45, 2.75) is 25.4 Å². The first kappa shape index (κ1) is 23.1. The average Bonchev–Trinajstić information content (AvgIpc) is 2.79. The van der Waals surface area contributed by atoms with Gasteiger partial charge in [-0.05, 0) is 32.2 Å². The molecule has 32 heavy (non-hydrogen) atoms. The molecule has 0 amide bonds. The largest absolute Gasteiger partial charge is 0.493 e. The predicted molar refractivity (Wildman–Crippen MR) is 130 cm³/mol. The van der Waals surface area contributed by atoms with Crippen LogP contribution in [0.25, 0.3) is 10.9 Å². The average molecular weight is 478 g/mol. The molecule has 172 valence electrons. The van der Waals surface area contributed by atoms with Gasteiger partial charge in [-0.25, -0.2) is 9.97 Å². The van der Waals surface area contributed by atoms with E-state index in [2.05, 4.69) is 39.1 Å². The number of rotatable bonds is 7. The molecule has 1 aromatic heterocycles. The molecule has 1 aliphatic heterocycles. The van der Waals surface area contributed by atoms with Gasteiger partial charge in [-0.3, -0.25) is 4.90 Å². The van der Waals surface area contributed by atoms with Crippen LogP contribution in [0.5, 0.6) is 11.5 Å². The van der Waals surface area contributed by atoms with Crippen molar-refractivity contribution in [3.63, 3.8) is 0 Å². The molecular weight excluding hydrogens is 449 g/mol. The van der Waals surface area contributed by atoms with Crippen molar-refractivity contribution < 1.29 is 9.47 Å². The fraction of sp³-hybridized carbons (Fsp3) is 0.478. The second-order valence-electron chi connectivity index (χ2n) is 8.15. The highest BCUT2D eigenvalue weighted by atomic mass is 35.5. The quantitative estimate of drug-likeness (QED) is 0.644. The third-order valence-corrected chi connectivity index (χ3v) is 6.80. The van der Waals surface area contributed by atoms with E-state index in [1.54, 1.807) is 13.4 Å². The maximum atomic E-state index is 6.25. The molecule has 1 aliphatic carbocycles. The number of hydrogen-bond donors (Lipinski definition) is 1. The topological polar surface area (TPSA) is 62.8 Å². The molecule has 0 saturated carbocycles. The van der Waals surface area contributed by atoms with Gasteiger partial charge in [0, 0.05) is 31.1 Å². The highest BCUT2D eigenvalue weighted by Crippen LogP contribution is 2.35. The number of nitrogens with zero attached hydrogens (tertiary/aromatic N) is 4. The minimum atomic E-state index is -0.00617. The van der Waals surface area contributed by atoms with Crippen molar-refractivity contribution in [3.8, 4) is 11.5 Å². The second-order valence-corrected chi connectivity index (χ2v) is 8.97. The molecule has 7 nitrogen and oxygen atoms in total. The molecule has 2 atom stereocenters. The van der Waals surface area contributed by atoms with Crippen LogP contribution >= 0.6 is 23.2 Å². The van der Waals surface area contributed by atoms with Crippen LogP contribution in [0, 0.1) is 0 Å². The molecule has 0 radical (unpaired) electrons. The highest BCUT2D eigenvalue weighted by Gasteiger charge is 2.25. The summed E-state index contributed by atoms with van der Waals surface area (Å²) in [6.45, 7) is 6.92. The molecule has 0 spiro atoms. The lowest BCUT2D eigenvalue weighted by Crippen LogP contribution is -2.53. The first-order valence-corrected chi connectivity index (χ1v) is 11.6. The lowest BCUT2D eigenvalue weighted by atomic mass is 10.1. The van der Waals surface area contributed by atoms with E-state index in [4.69, 9.17) is 32.7 Å². The van der Waals surface area contributed by atoms with Crippen LogP contribution < -0.4 is 14.8 Å².